The number of allylic oxidation sites excluding steroid dienone is 1. The van der Waals surface area contributed by atoms with E-state index in [1.54, 1.807) is 30.3 Å². The molecule has 1 aromatic carbocycles. The van der Waals surface area contributed by atoms with Gasteiger partial charge in [-0.2, -0.15) is 0 Å². The quantitative estimate of drug-likeness (QED) is 0.632. The van der Waals surface area contributed by atoms with Crippen LogP contribution >= 0.6 is 0 Å². The SMILES string of the molecule is COc1ccc(CN2C(=O)CCC3C[NH+](CCC4=C(C)CCCC4(C)C)CCC32)cc1OC. The first-order chi connectivity index (χ1) is 15.8. The third-order valence-corrected chi connectivity index (χ3v) is 8.55. The summed E-state index contributed by atoms with van der Waals surface area (Å²) in [4.78, 5) is 16.8. The van der Waals surface area contributed by atoms with Crippen molar-refractivity contribution in [3.63, 3.8) is 0 Å². The summed E-state index contributed by atoms with van der Waals surface area (Å²) in [5, 5.41) is 0. The Bertz CT molecular complexity index is 891. The van der Waals surface area contributed by atoms with Crippen LogP contribution in [0.25, 0.3) is 0 Å². The van der Waals surface area contributed by atoms with Gasteiger partial charge in [0.15, 0.2) is 11.5 Å². The Labute approximate surface area is 200 Å². The van der Waals surface area contributed by atoms with Gasteiger partial charge in [-0.1, -0.05) is 31.1 Å². The fourth-order valence-electron chi connectivity index (χ4n) is 6.68. The van der Waals surface area contributed by atoms with Crippen molar-refractivity contribution >= 4 is 5.91 Å². The Hall–Kier alpha value is -2.01. The normalized spacial score (nSPS) is 27.4. The van der Waals surface area contributed by atoms with E-state index >= 15 is 0 Å². The number of quaternary nitrogens is 1. The van der Waals surface area contributed by atoms with Crippen molar-refractivity contribution in [2.24, 2.45) is 11.3 Å². The van der Waals surface area contributed by atoms with Crippen LogP contribution in [-0.4, -0.2) is 50.7 Å². The molecular weight excluding hydrogens is 412 g/mol. The van der Waals surface area contributed by atoms with Gasteiger partial charge in [-0.05, 0) is 55.7 Å². The van der Waals surface area contributed by atoms with Gasteiger partial charge in [-0.3, -0.25) is 4.79 Å². The van der Waals surface area contributed by atoms with E-state index in [4.69, 9.17) is 9.47 Å². The predicted octanol–water partition coefficient (Wildman–Crippen LogP) is 4.02. The Morgan fingerprint density at radius 3 is 2.64 bits per heavy atom. The highest BCUT2D eigenvalue weighted by atomic mass is 16.5. The second-order valence-corrected chi connectivity index (χ2v) is 11.1. The molecule has 3 aliphatic rings. The third kappa shape index (κ3) is 5.24. The van der Waals surface area contributed by atoms with Gasteiger partial charge in [-0.25, -0.2) is 0 Å². The fourth-order valence-corrected chi connectivity index (χ4v) is 6.68. The van der Waals surface area contributed by atoms with Crippen LogP contribution in [-0.2, 0) is 11.3 Å². The van der Waals surface area contributed by atoms with Crippen molar-refractivity contribution in [2.75, 3.05) is 33.9 Å². The summed E-state index contributed by atoms with van der Waals surface area (Å²) in [5.74, 6) is 2.37. The topological polar surface area (TPSA) is 43.2 Å². The molecule has 0 saturated carbocycles. The number of fused-ring (bicyclic) bond motifs is 1. The number of amides is 1. The number of benzene rings is 1. The maximum absolute atomic E-state index is 12.9. The molecule has 0 radical (unpaired) electrons. The maximum Gasteiger partial charge on any atom is 0.223 e. The van der Waals surface area contributed by atoms with Gasteiger partial charge in [0.1, 0.15) is 0 Å². The molecule has 3 atom stereocenters. The minimum atomic E-state index is 0.305. The molecule has 0 aromatic heterocycles. The first-order valence-corrected chi connectivity index (χ1v) is 12.9. The zero-order chi connectivity index (χ0) is 23.6. The molecule has 182 valence electrons. The number of hydrogen-bond acceptors (Lipinski definition) is 3. The van der Waals surface area contributed by atoms with Crippen LogP contribution in [0, 0.1) is 11.3 Å². The van der Waals surface area contributed by atoms with Crippen molar-refractivity contribution < 1.29 is 19.2 Å². The van der Waals surface area contributed by atoms with Crippen LogP contribution in [0.2, 0.25) is 0 Å². The summed E-state index contributed by atoms with van der Waals surface area (Å²) in [6, 6.07) is 6.38. The number of likely N-dealkylation sites (tertiary alicyclic amines) is 2. The summed E-state index contributed by atoms with van der Waals surface area (Å²) in [7, 11) is 3.31. The fraction of sp³-hybridized carbons (Fsp3) is 0.679. The largest absolute Gasteiger partial charge is 0.493 e. The van der Waals surface area contributed by atoms with Crippen LogP contribution in [0.5, 0.6) is 11.5 Å². The smallest absolute Gasteiger partial charge is 0.223 e. The van der Waals surface area contributed by atoms with Gasteiger partial charge in [0.05, 0.1) is 33.9 Å². The zero-order valence-corrected chi connectivity index (χ0v) is 21.3. The van der Waals surface area contributed by atoms with Crippen LogP contribution < -0.4 is 14.4 Å². The lowest BCUT2D eigenvalue weighted by atomic mass is 9.71. The van der Waals surface area contributed by atoms with Crippen molar-refractivity contribution in [1.82, 2.24) is 4.90 Å². The maximum atomic E-state index is 12.9. The van der Waals surface area contributed by atoms with E-state index in [0.29, 0.717) is 36.2 Å². The van der Waals surface area contributed by atoms with E-state index in [1.807, 2.05) is 12.1 Å². The number of hydrogen-bond donors (Lipinski definition) is 1. The predicted molar refractivity (Wildman–Crippen MR) is 132 cm³/mol. The molecule has 2 saturated heterocycles. The van der Waals surface area contributed by atoms with Gasteiger partial charge >= 0.3 is 0 Å². The Balaban J connectivity index is 1.39. The highest BCUT2D eigenvalue weighted by Crippen LogP contribution is 2.41. The standard InChI is InChI=1S/C28H42N2O3/c1-20-7-6-14-28(2,3)23(20)12-15-29-16-13-24-22(19-29)9-11-27(31)30(24)18-21-8-10-25(32-4)26(17-21)33-5/h8,10,17,22,24H,6-7,9,11-16,18-19H2,1-5H3/p+1. The van der Waals surface area contributed by atoms with E-state index < -0.39 is 0 Å². The van der Waals surface area contributed by atoms with Gasteiger partial charge < -0.3 is 19.3 Å². The first kappa shape index (κ1) is 24.1. The molecule has 5 heteroatoms. The van der Waals surface area contributed by atoms with Crippen molar-refractivity contribution in [1.29, 1.82) is 0 Å². The van der Waals surface area contributed by atoms with Gasteiger partial charge in [0.2, 0.25) is 5.91 Å². The van der Waals surface area contributed by atoms with Crippen molar-refractivity contribution in [2.45, 2.75) is 78.3 Å². The van der Waals surface area contributed by atoms with Gasteiger partial charge in [0.25, 0.3) is 0 Å². The average Bonchev–Trinajstić information content (AvgIpc) is 2.80. The lowest BCUT2D eigenvalue weighted by Crippen LogP contribution is -3.14. The third-order valence-electron chi connectivity index (χ3n) is 8.55. The molecule has 5 nitrogen and oxygen atoms in total. The van der Waals surface area contributed by atoms with E-state index in [0.717, 1.165) is 29.9 Å². The molecule has 0 spiro atoms. The van der Waals surface area contributed by atoms with Gasteiger partial charge in [0, 0.05) is 37.8 Å². The first-order valence-electron chi connectivity index (χ1n) is 12.9. The number of nitrogens with one attached hydrogen (secondary N) is 1. The molecule has 1 N–H and O–H groups in total. The summed E-state index contributed by atoms with van der Waals surface area (Å²) >= 11 is 0. The zero-order valence-electron chi connectivity index (χ0n) is 21.3. The molecule has 2 fully saturated rings. The van der Waals surface area contributed by atoms with E-state index in [9.17, 15) is 4.79 Å². The highest BCUT2D eigenvalue weighted by molar-refractivity contribution is 5.77. The van der Waals surface area contributed by atoms with Crippen molar-refractivity contribution in [3.05, 3.63) is 34.9 Å². The van der Waals surface area contributed by atoms with E-state index in [2.05, 4.69) is 31.7 Å². The molecule has 2 heterocycles. The van der Waals surface area contributed by atoms with Crippen molar-refractivity contribution in [3.8, 4) is 11.5 Å². The number of piperidine rings is 2. The molecule has 0 bridgehead atoms. The second-order valence-electron chi connectivity index (χ2n) is 11.1. The van der Waals surface area contributed by atoms with E-state index in [-0.39, 0.29) is 0 Å². The number of methoxy groups -OCH3 is 2. The number of carbonyl (C=O) groups excluding carboxylic acids is 1. The van der Waals surface area contributed by atoms with Crippen LogP contribution in [0.1, 0.15) is 71.3 Å². The lowest BCUT2D eigenvalue weighted by molar-refractivity contribution is -0.909. The Morgan fingerprint density at radius 1 is 1.12 bits per heavy atom. The molecule has 33 heavy (non-hydrogen) atoms. The Kier molecular flexibility index (Phi) is 7.37. The number of ether oxygens (including phenoxy) is 2. The minimum absolute atomic E-state index is 0.305. The van der Waals surface area contributed by atoms with Crippen LogP contribution in [0.3, 0.4) is 0 Å². The Morgan fingerprint density at radius 2 is 1.91 bits per heavy atom. The molecule has 4 rings (SSSR count). The summed E-state index contributed by atoms with van der Waals surface area (Å²) in [5.41, 5.74) is 4.84. The monoisotopic (exact) mass is 455 g/mol. The van der Waals surface area contributed by atoms with Gasteiger partial charge in [-0.15, -0.1) is 0 Å². The lowest BCUT2D eigenvalue weighted by Gasteiger charge is -2.45. The number of nitrogens with zero attached hydrogens (tertiary/aromatic N) is 1. The molecule has 1 aliphatic carbocycles. The molecular formula is C28H43N2O3+. The second kappa shape index (κ2) is 10.1. The molecule has 1 aromatic rings. The van der Waals surface area contributed by atoms with Crippen LogP contribution in [0.15, 0.2) is 29.3 Å². The number of rotatable bonds is 7. The summed E-state index contributed by atoms with van der Waals surface area (Å²) < 4.78 is 10.9. The molecule has 3 unspecified atom stereocenters. The average molecular weight is 456 g/mol. The minimum Gasteiger partial charge on any atom is -0.493 e. The number of carbonyl (C=O) groups is 1. The van der Waals surface area contributed by atoms with Crippen LogP contribution in [0.4, 0.5) is 0 Å². The summed E-state index contributed by atoms with van der Waals surface area (Å²) in [6.07, 6.45) is 8.02. The molecule has 1 amide bonds. The summed E-state index contributed by atoms with van der Waals surface area (Å²) in [6.45, 7) is 11.5. The highest BCUT2D eigenvalue weighted by Gasteiger charge is 2.41. The van der Waals surface area contributed by atoms with E-state index in [1.165, 1.54) is 45.3 Å². The molecule has 2 aliphatic heterocycles.